The number of nitrogens with two attached hydrogens (primary N) is 1. The fraction of sp³-hybridized carbons (Fsp3) is 0.200. The summed E-state index contributed by atoms with van der Waals surface area (Å²) in [6.07, 6.45) is 0.909. The number of benzene rings is 3. The number of fused-ring (bicyclic) bond motifs is 1. The van der Waals surface area contributed by atoms with Gasteiger partial charge in [-0.3, -0.25) is 0 Å². The topological polar surface area (TPSA) is 72.2 Å². The second-order valence-electron chi connectivity index (χ2n) is 6.29. The molecule has 0 amide bonds. The van der Waals surface area contributed by atoms with Crippen LogP contribution in [0, 0.1) is 0 Å². The zero-order valence-electron chi connectivity index (χ0n) is 14.1. The Morgan fingerprint density at radius 3 is 2.24 bits per heavy atom. The lowest BCUT2D eigenvalue weighted by molar-refractivity contribution is 0.377. The van der Waals surface area contributed by atoms with E-state index in [4.69, 9.17) is 5.73 Å². The van der Waals surface area contributed by atoms with Crippen LogP contribution < -0.4 is 10.5 Å². The lowest BCUT2D eigenvalue weighted by Gasteiger charge is -2.29. The van der Waals surface area contributed by atoms with Crippen LogP contribution in [-0.4, -0.2) is 14.1 Å². The Kier molecular flexibility index (Phi) is 4.90. The zero-order valence-corrected chi connectivity index (χ0v) is 15.0. The molecule has 0 aliphatic heterocycles. The SMILES string of the molecule is CCC(N)(Cc1ccccc1)NS(=O)(=O)c1ccc2ccccc2c1. The van der Waals surface area contributed by atoms with Gasteiger partial charge in [-0.1, -0.05) is 67.6 Å². The van der Waals surface area contributed by atoms with Gasteiger partial charge in [0, 0.05) is 6.42 Å². The van der Waals surface area contributed by atoms with Crippen LogP contribution in [0.2, 0.25) is 0 Å². The molecule has 1 unspecified atom stereocenters. The Bertz CT molecular complexity index is 971. The summed E-state index contributed by atoms with van der Waals surface area (Å²) in [6, 6.07) is 22.4. The number of nitrogens with one attached hydrogen (secondary N) is 1. The van der Waals surface area contributed by atoms with Crippen LogP contribution >= 0.6 is 0 Å². The highest BCUT2D eigenvalue weighted by molar-refractivity contribution is 7.89. The largest absolute Gasteiger partial charge is 0.312 e. The Morgan fingerprint density at radius 2 is 1.56 bits per heavy atom. The van der Waals surface area contributed by atoms with Crippen molar-refractivity contribution in [3.8, 4) is 0 Å². The molecule has 0 radical (unpaired) electrons. The molecule has 5 heteroatoms. The highest BCUT2D eigenvalue weighted by Gasteiger charge is 2.30. The molecule has 0 bridgehead atoms. The van der Waals surface area contributed by atoms with Gasteiger partial charge < -0.3 is 5.73 Å². The Labute approximate surface area is 148 Å². The van der Waals surface area contributed by atoms with E-state index in [1.165, 1.54) is 0 Å². The highest BCUT2D eigenvalue weighted by Crippen LogP contribution is 2.21. The van der Waals surface area contributed by atoms with Gasteiger partial charge in [0.05, 0.1) is 10.6 Å². The minimum atomic E-state index is -3.72. The second-order valence-corrected chi connectivity index (χ2v) is 7.97. The molecular weight excluding hydrogens is 332 g/mol. The van der Waals surface area contributed by atoms with Crippen LogP contribution in [0.1, 0.15) is 18.9 Å². The fourth-order valence-electron chi connectivity index (χ4n) is 2.85. The Hall–Kier alpha value is -2.21. The van der Waals surface area contributed by atoms with Crippen LogP contribution in [-0.2, 0) is 16.4 Å². The van der Waals surface area contributed by atoms with Crippen molar-refractivity contribution in [2.75, 3.05) is 0 Å². The summed E-state index contributed by atoms with van der Waals surface area (Å²) in [5.74, 6) is 0. The fourth-order valence-corrected chi connectivity index (χ4v) is 4.25. The molecule has 0 heterocycles. The third kappa shape index (κ3) is 4.07. The summed E-state index contributed by atoms with van der Waals surface area (Å²) >= 11 is 0. The summed E-state index contributed by atoms with van der Waals surface area (Å²) < 4.78 is 28.4. The molecule has 0 saturated heterocycles. The Balaban J connectivity index is 1.89. The average Bonchev–Trinajstić information content (AvgIpc) is 2.61. The maximum absolute atomic E-state index is 12.8. The predicted molar refractivity (Wildman–Crippen MR) is 102 cm³/mol. The highest BCUT2D eigenvalue weighted by atomic mass is 32.2. The molecule has 0 aliphatic carbocycles. The molecule has 4 nitrogen and oxygen atoms in total. The number of rotatable bonds is 6. The molecule has 0 aromatic heterocycles. The lowest BCUT2D eigenvalue weighted by Crippen LogP contribution is -2.56. The van der Waals surface area contributed by atoms with Gasteiger partial charge in [-0.15, -0.1) is 0 Å². The molecule has 130 valence electrons. The van der Waals surface area contributed by atoms with Gasteiger partial charge >= 0.3 is 0 Å². The molecule has 3 aromatic rings. The van der Waals surface area contributed by atoms with E-state index in [1.54, 1.807) is 12.1 Å². The van der Waals surface area contributed by atoms with Crippen LogP contribution in [0.25, 0.3) is 10.8 Å². The Morgan fingerprint density at radius 1 is 0.920 bits per heavy atom. The third-order valence-corrected chi connectivity index (χ3v) is 5.91. The number of sulfonamides is 1. The molecule has 0 saturated carbocycles. The van der Waals surface area contributed by atoms with E-state index in [-0.39, 0.29) is 4.90 Å². The monoisotopic (exact) mass is 354 g/mol. The summed E-state index contributed by atoms with van der Waals surface area (Å²) in [6.45, 7) is 1.88. The van der Waals surface area contributed by atoms with Crippen molar-refractivity contribution in [2.45, 2.75) is 30.3 Å². The number of hydrogen-bond donors (Lipinski definition) is 2. The van der Waals surface area contributed by atoms with Gasteiger partial charge in [0.15, 0.2) is 0 Å². The number of hydrogen-bond acceptors (Lipinski definition) is 3. The molecule has 0 fully saturated rings. The van der Waals surface area contributed by atoms with Crippen LogP contribution in [0.5, 0.6) is 0 Å². The van der Waals surface area contributed by atoms with Crippen LogP contribution in [0.4, 0.5) is 0 Å². The second kappa shape index (κ2) is 6.96. The van der Waals surface area contributed by atoms with E-state index in [0.29, 0.717) is 12.8 Å². The average molecular weight is 354 g/mol. The van der Waals surface area contributed by atoms with Crippen LogP contribution in [0.15, 0.2) is 77.7 Å². The van der Waals surface area contributed by atoms with Gasteiger partial charge in [0.1, 0.15) is 0 Å². The van der Waals surface area contributed by atoms with Gasteiger partial charge in [-0.25, -0.2) is 8.42 Å². The van der Waals surface area contributed by atoms with Crippen molar-refractivity contribution in [3.05, 3.63) is 78.4 Å². The van der Waals surface area contributed by atoms with Crippen molar-refractivity contribution < 1.29 is 8.42 Å². The molecule has 25 heavy (non-hydrogen) atoms. The van der Waals surface area contributed by atoms with E-state index in [0.717, 1.165) is 16.3 Å². The minimum Gasteiger partial charge on any atom is -0.312 e. The molecule has 0 spiro atoms. The van der Waals surface area contributed by atoms with E-state index >= 15 is 0 Å². The first kappa shape index (κ1) is 17.6. The smallest absolute Gasteiger partial charge is 0.242 e. The van der Waals surface area contributed by atoms with Crippen molar-refractivity contribution in [1.29, 1.82) is 0 Å². The molecule has 3 N–H and O–H groups in total. The van der Waals surface area contributed by atoms with Gasteiger partial charge in [0.25, 0.3) is 0 Å². The summed E-state index contributed by atoms with van der Waals surface area (Å²) in [5.41, 5.74) is 6.33. The quantitative estimate of drug-likeness (QED) is 0.666. The van der Waals surface area contributed by atoms with Crippen molar-refractivity contribution >= 4 is 20.8 Å². The van der Waals surface area contributed by atoms with E-state index in [1.807, 2.05) is 67.6 Å². The lowest BCUT2D eigenvalue weighted by atomic mass is 9.99. The molecule has 0 aliphatic rings. The first-order valence-electron chi connectivity index (χ1n) is 8.27. The molecule has 1 atom stereocenters. The minimum absolute atomic E-state index is 0.225. The standard InChI is InChI=1S/C20H22N2O2S/c1-2-20(21,15-16-8-4-3-5-9-16)22-25(23,24)19-13-12-17-10-6-7-11-18(17)14-19/h3-14,22H,2,15,21H2,1H3. The van der Waals surface area contributed by atoms with Gasteiger partial charge in [0.2, 0.25) is 10.0 Å². The maximum atomic E-state index is 12.8. The van der Waals surface area contributed by atoms with Gasteiger partial charge in [-0.05, 0) is 34.9 Å². The first-order chi connectivity index (χ1) is 11.9. The first-order valence-corrected chi connectivity index (χ1v) is 9.76. The van der Waals surface area contributed by atoms with Crippen LogP contribution in [0.3, 0.4) is 0 Å². The molecule has 3 aromatic carbocycles. The summed E-state index contributed by atoms with van der Waals surface area (Å²) in [7, 11) is -3.72. The van der Waals surface area contributed by atoms with E-state index in [9.17, 15) is 8.42 Å². The van der Waals surface area contributed by atoms with Crippen molar-refractivity contribution in [1.82, 2.24) is 4.72 Å². The van der Waals surface area contributed by atoms with Crippen molar-refractivity contribution in [2.24, 2.45) is 5.73 Å². The molecule has 3 rings (SSSR count). The molecular formula is C20H22N2O2S. The predicted octanol–water partition coefficient (Wildman–Crippen LogP) is 3.43. The summed E-state index contributed by atoms with van der Waals surface area (Å²) in [4.78, 5) is 0.225. The summed E-state index contributed by atoms with van der Waals surface area (Å²) in [5, 5.41) is 1.88. The van der Waals surface area contributed by atoms with E-state index in [2.05, 4.69) is 4.72 Å². The zero-order chi connectivity index (χ0) is 17.9. The van der Waals surface area contributed by atoms with Gasteiger partial charge in [-0.2, -0.15) is 4.72 Å². The van der Waals surface area contributed by atoms with Crippen molar-refractivity contribution in [3.63, 3.8) is 0 Å². The van der Waals surface area contributed by atoms with E-state index < -0.39 is 15.7 Å². The normalized spacial score (nSPS) is 14.3. The maximum Gasteiger partial charge on any atom is 0.242 e. The third-order valence-electron chi connectivity index (χ3n) is 4.36.